The number of nitrogens with one attached hydrogen (secondary N) is 1. The number of nitrogens with zero attached hydrogens (tertiary/aromatic N) is 2. The highest BCUT2D eigenvalue weighted by molar-refractivity contribution is 7.14. The van der Waals surface area contributed by atoms with Crippen LogP contribution in [0.2, 0.25) is 0 Å². The third kappa shape index (κ3) is 3.84. The van der Waals surface area contributed by atoms with Crippen molar-refractivity contribution in [2.24, 2.45) is 5.92 Å². The van der Waals surface area contributed by atoms with Crippen LogP contribution in [0.15, 0.2) is 6.07 Å². The molecule has 4 rings (SSSR count). The van der Waals surface area contributed by atoms with E-state index in [4.69, 9.17) is 0 Å². The molecule has 0 aromatic carbocycles. The molecule has 4 nitrogen and oxygen atoms in total. The van der Waals surface area contributed by atoms with Crippen LogP contribution >= 0.6 is 11.3 Å². The molecule has 2 fully saturated rings. The summed E-state index contributed by atoms with van der Waals surface area (Å²) in [6.45, 7) is 8.82. The average Bonchev–Trinajstić information content (AvgIpc) is 3.23. The zero-order valence-corrected chi connectivity index (χ0v) is 15.5. The lowest BCUT2D eigenvalue weighted by Gasteiger charge is -2.30. The molecule has 3 aliphatic rings. The molecule has 0 atom stereocenters. The average molecular weight is 348 g/mol. The SMILES string of the molecule is CC1CCN(CCCNC(=O)c2cc3c(s2)CN(C2CC2)C3)CC1. The van der Waals surface area contributed by atoms with Crippen LogP contribution < -0.4 is 5.32 Å². The molecular weight excluding hydrogens is 318 g/mol. The monoisotopic (exact) mass is 347 g/mol. The highest BCUT2D eigenvalue weighted by atomic mass is 32.1. The van der Waals surface area contributed by atoms with Gasteiger partial charge in [-0.1, -0.05) is 6.92 Å². The first-order chi connectivity index (χ1) is 11.7. The van der Waals surface area contributed by atoms with Crippen LogP contribution in [-0.4, -0.2) is 47.9 Å². The molecule has 1 aromatic rings. The van der Waals surface area contributed by atoms with Crippen LogP contribution in [0.5, 0.6) is 0 Å². The van der Waals surface area contributed by atoms with E-state index in [-0.39, 0.29) is 5.91 Å². The first-order valence-electron chi connectivity index (χ1n) is 9.55. The Kier molecular flexibility index (Phi) is 4.93. The van der Waals surface area contributed by atoms with Gasteiger partial charge in [0, 0.05) is 30.6 Å². The van der Waals surface area contributed by atoms with Gasteiger partial charge in [0.05, 0.1) is 4.88 Å². The van der Waals surface area contributed by atoms with Crippen LogP contribution in [-0.2, 0) is 13.1 Å². The van der Waals surface area contributed by atoms with Crippen molar-refractivity contribution < 1.29 is 4.79 Å². The summed E-state index contributed by atoms with van der Waals surface area (Å²) in [5.41, 5.74) is 1.39. The Hall–Kier alpha value is -0.910. The fourth-order valence-electron chi connectivity index (χ4n) is 3.88. The third-order valence-electron chi connectivity index (χ3n) is 5.72. The number of fused-ring (bicyclic) bond motifs is 1. The highest BCUT2D eigenvalue weighted by Gasteiger charge is 2.34. The summed E-state index contributed by atoms with van der Waals surface area (Å²) in [4.78, 5) is 19.8. The first kappa shape index (κ1) is 16.6. The van der Waals surface area contributed by atoms with Crippen molar-refractivity contribution in [3.63, 3.8) is 0 Å². The van der Waals surface area contributed by atoms with Crippen LogP contribution in [0.4, 0.5) is 0 Å². The van der Waals surface area contributed by atoms with E-state index in [9.17, 15) is 4.79 Å². The van der Waals surface area contributed by atoms with Crippen molar-refractivity contribution in [2.45, 2.75) is 58.2 Å². The molecule has 1 saturated carbocycles. The van der Waals surface area contributed by atoms with Gasteiger partial charge < -0.3 is 10.2 Å². The molecule has 3 heterocycles. The molecule has 1 aromatic heterocycles. The summed E-state index contributed by atoms with van der Waals surface area (Å²) in [5.74, 6) is 1.01. The molecule has 1 saturated heterocycles. The predicted molar refractivity (Wildman–Crippen MR) is 98.4 cm³/mol. The minimum atomic E-state index is 0.125. The maximum Gasteiger partial charge on any atom is 0.261 e. The number of carbonyl (C=O) groups excluding carboxylic acids is 1. The van der Waals surface area contributed by atoms with E-state index < -0.39 is 0 Å². The largest absolute Gasteiger partial charge is 0.351 e. The van der Waals surface area contributed by atoms with E-state index in [0.717, 1.165) is 49.4 Å². The number of hydrogen-bond acceptors (Lipinski definition) is 4. The summed E-state index contributed by atoms with van der Waals surface area (Å²) >= 11 is 1.70. The highest BCUT2D eigenvalue weighted by Crippen LogP contribution is 2.38. The lowest BCUT2D eigenvalue weighted by atomic mass is 9.99. The van der Waals surface area contributed by atoms with Gasteiger partial charge in [-0.25, -0.2) is 0 Å². The second-order valence-corrected chi connectivity index (χ2v) is 8.97. The van der Waals surface area contributed by atoms with Crippen molar-refractivity contribution in [1.82, 2.24) is 15.1 Å². The Morgan fingerprint density at radius 2 is 2.04 bits per heavy atom. The van der Waals surface area contributed by atoms with E-state index >= 15 is 0 Å². The van der Waals surface area contributed by atoms with Crippen molar-refractivity contribution in [2.75, 3.05) is 26.2 Å². The Labute approximate surface area is 149 Å². The molecule has 0 bridgehead atoms. The van der Waals surface area contributed by atoms with Gasteiger partial charge in [0.1, 0.15) is 0 Å². The zero-order chi connectivity index (χ0) is 16.5. The molecule has 0 spiro atoms. The summed E-state index contributed by atoms with van der Waals surface area (Å²) in [6.07, 6.45) is 6.42. The van der Waals surface area contributed by atoms with Crippen molar-refractivity contribution in [3.05, 3.63) is 21.4 Å². The Balaban J connectivity index is 1.18. The van der Waals surface area contributed by atoms with E-state index in [0.29, 0.717) is 0 Å². The quantitative estimate of drug-likeness (QED) is 0.803. The second-order valence-electron chi connectivity index (χ2n) is 7.83. The van der Waals surface area contributed by atoms with Gasteiger partial charge >= 0.3 is 0 Å². The molecular formula is C19H29N3OS. The standard InChI is InChI=1S/C19H29N3OS/c1-14-5-9-21(10-6-14)8-2-7-20-19(23)17-11-15-12-22(16-3-4-16)13-18(15)24-17/h11,14,16H,2-10,12-13H2,1H3,(H,20,23). The number of thiophene rings is 1. The van der Waals surface area contributed by atoms with Crippen molar-refractivity contribution in [1.29, 1.82) is 0 Å². The number of carbonyl (C=O) groups is 1. The van der Waals surface area contributed by atoms with E-state index in [1.165, 1.54) is 49.2 Å². The van der Waals surface area contributed by atoms with Gasteiger partial charge in [0.2, 0.25) is 0 Å². The van der Waals surface area contributed by atoms with E-state index in [2.05, 4.69) is 28.1 Å². The fourth-order valence-corrected chi connectivity index (χ4v) is 5.00. The third-order valence-corrected chi connectivity index (χ3v) is 6.88. The van der Waals surface area contributed by atoms with Crippen LogP contribution in [0.25, 0.3) is 0 Å². The number of piperidine rings is 1. The van der Waals surface area contributed by atoms with E-state index in [1.54, 1.807) is 11.3 Å². The Morgan fingerprint density at radius 1 is 1.25 bits per heavy atom. The van der Waals surface area contributed by atoms with Gasteiger partial charge in [0.25, 0.3) is 5.91 Å². The predicted octanol–water partition coefficient (Wildman–Crippen LogP) is 3.08. The maximum atomic E-state index is 12.3. The fraction of sp³-hybridized carbons (Fsp3) is 0.737. The molecule has 5 heteroatoms. The second kappa shape index (κ2) is 7.14. The zero-order valence-electron chi connectivity index (χ0n) is 14.7. The van der Waals surface area contributed by atoms with E-state index in [1.807, 2.05) is 0 Å². The summed E-state index contributed by atoms with van der Waals surface area (Å²) in [5, 5.41) is 3.11. The molecule has 1 N–H and O–H groups in total. The van der Waals surface area contributed by atoms with Gasteiger partial charge in [0.15, 0.2) is 0 Å². The summed E-state index contributed by atoms with van der Waals surface area (Å²) in [6, 6.07) is 2.95. The normalized spacial score (nSPS) is 22.7. The smallest absolute Gasteiger partial charge is 0.261 e. The Morgan fingerprint density at radius 3 is 2.75 bits per heavy atom. The van der Waals surface area contributed by atoms with Crippen LogP contribution in [0.1, 0.15) is 59.1 Å². The van der Waals surface area contributed by atoms with Crippen molar-refractivity contribution >= 4 is 17.2 Å². The first-order valence-corrected chi connectivity index (χ1v) is 10.4. The topological polar surface area (TPSA) is 35.6 Å². The molecule has 1 aliphatic carbocycles. The molecule has 2 aliphatic heterocycles. The maximum absolute atomic E-state index is 12.3. The van der Waals surface area contributed by atoms with Gasteiger partial charge in [-0.2, -0.15) is 0 Å². The lowest BCUT2D eigenvalue weighted by molar-refractivity contribution is 0.0954. The molecule has 24 heavy (non-hydrogen) atoms. The summed E-state index contributed by atoms with van der Waals surface area (Å²) in [7, 11) is 0. The molecule has 0 unspecified atom stereocenters. The number of rotatable bonds is 6. The van der Waals surface area contributed by atoms with Crippen LogP contribution in [0, 0.1) is 5.92 Å². The Bertz CT molecular complexity index is 564. The van der Waals surface area contributed by atoms with Gasteiger partial charge in [-0.15, -0.1) is 11.3 Å². The lowest BCUT2D eigenvalue weighted by Crippen LogP contribution is -2.35. The number of amides is 1. The minimum absolute atomic E-state index is 0.125. The van der Waals surface area contributed by atoms with Crippen molar-refractivity contribution in [3.8, 4) is 0 Å². The molecule has 132 valence electrons. The van der Waals surface area contributed by atoms with Crippen LogP contribution in [0.3, 0.4) is 0 Å². The van der Waals surface area contributed by atoms with Gasteiger partial charge in [-0.3, -0.25) is 9.69 Å². The number of hydrogen-bond donors (Lipinski definition) is 1. The molecule has 0 radical (unpaired) electrons. The number of likely N-dealkylation sites (tertiary alicyclic amines) is 1. The summed E-state index contributed by atoms with van der Waals surface area (Å²) < 4.78 is 0. The van der Waals surface area contributed by atoms with Gasteiger partial charge in [-0.05, 0) is 69.3 Å². The minimum Gasteiger partial charge on any atom is -0.351 e. The molecule has 1 amide bonds.